The lowest BCUT2D eigenvalue weighted by Crippen LogP contribution is -2.11. The van der Waals surface area contributed by atoms with E-state index < -0.39 is 0 Å². The number of hydrogen-bond acceptors (Lipinski definition) is 1. The Morgan fingerprint density at radius 2 is 1.10 bits per heavy atom. The van der Waals surface area contributed by atoms with E-state index in [9.17, 15) is 0 Å². The highest BCUT2D eigenvalue weighted by molar-refractivity contribution is 5.76. The molecule has 0 aromatic heterocycles. The summed E-state index contributed by atoms with van der Waals surface area (Å²) in [5, 5.41) is 0. The first kappa shape index (κ1) is 28.7. The molecule has 1 atom stereocenters. The Morgan fingerprint density at radius 1 is 0.564 bits per heavy atom. The van der Waals surface area contributed by atoms with Crippen LogP contribution in [0.2, 0.25) is 0 Å². The van der Waals surface area contributed by atoms with Crippen molar-refractivity contribution < 1.29 is 4.74 Å². The molecule has 4 aromatic carbocycles. The maximum atomic E-state index is 6.11. The molecule has 0 bridgehead atoms. The van der Waals surface area contributed by atoms with Crippen LogP contribution < -0.4 is 4.74 Å². The normalized spacial score (nSPS) is 11.9. The fourth-order valence-electron chi connectivity index (χ4n) is 5.33. The van der Waals surface area contributed by atoms with E-state index in [4.69, 9.17) is 4.74 Å². The quantitative estimate of drug-likeness (QED) is 0.151. The fourth-order valence-corrected chi connectivity index (χ4v) is 5.33. The van der Waals surface area contributed by atoms with E-state index in [0.29, 0.717) is 0 Å². The van der Waals surface area contributed by atoms with Crippen molar-refractivity contribution in [3.63, 3.8) is 0 Å². The molecule has 39 heavy (non-hydrogen) atoms. The van der Waals surface area contributed by atoms with E-state index in [1.807, 2.05) is 0 Å². The standard InChI is InChI=1S/C38H46O/c1-5-7-9-11-13-31-14-16-34(17-15-31)36-24-27-38(29(3)28-36)35-20-18-32(19-21-35)33-22-25-37(26-23-33)39-30(4)12-10-8-6-2/h14-28,30H,5-13H2,1-4H3. The predicted octanol–water partition coefficient (Wildman–Crippen LogP) is 11.5. The van der Waals surface area contributed by atoms with Crippen molar-refractivity contribution in [1.82, 2.24) is 0 Å². The molecule has 0 spiro atoms. The third-order valence-electron chi connectivity index (χ3n) is 7.77. The molecule has 4 aromatic rings. The number of rotatable bonds is 14. The number of ether oxygens (including phenoxy) is 1. The smallest absolute Gasteiger partial charge is 0.119 e. The monoisotopic (exact) mass is 518 g/mol. The third kappa shape index (κ3) is 8.33. The molecule has 0 fully saturated rings. The molecule has 0 aliphatic carbocycles. The number of benzene rings is 4. The second-order valence-electron chi connectivity index (χ2n) is 11.1. The molecular weight excluding hydrogens is 472 g/mol. The van der Waals surface area contributed by atoms with E-state index in [1.165, 1.54) is 95.9 Å². The minimum Gasteiger partial charge on any atom is -0.491 e. The van der Waals surface area contributed by atoms with Gasteiger partial charge in [0.05, 0.1) is 6.10 Å². The van der Waals surface area contributed by atoms with Gasteiger partial charge in [0.1, 0.15) is 5.75 Å². The second-order valence-corrected chi connectivity index (χ2v) is 11.1. The van der Waals surface area contributed by atoms with Gasteiger partial charge in [0, 0.05) is 0 Å². The van der Waals surface area contributed by atoms with Crippen molar-refractivity contribution in [1.29, 1.82) is 0 Å². The van der Waals surface area contributed by atoms with Gasteiger partial charge in [0.2, 0.25) is 0 Å². The maximum absolute atomic E-state index is 6.11. The summed E-state index contributed by atoms with van der Waals surface area (Å²) in [6.45, 7) is 8.90. The predicted molar refractivity (Wildman–Crippen MR) is 170 cm³/mol. The average Bonchev–Trinajstić information content (AvgIpc) is 2.96. The van der Waals surface area contributed by atoms with Crippen LogP contribution in [0.3, 0.4) is 0 Å². The van der Waals surface area contributed by atoms with Crippen LogP contribution in [-0.4, -0.2) is 6.10 Å². The summed E-state index contributed by atoms with van der Waals surface area (Å²) in [6, 6.07) is 33.5. The molecule has 1 unspecified atom stereocenters. The van der Waals surface area contributed by atoms with Crippen molar-refractivity contribution in [2.24, 2.45) is 0 Å². The van der Waals surface area contributed by atoms with Crippen molar-refractivity contribution in [2.45, 2.75) is 91.6 Å². The van der Waals surface area contributed by atoms with E-state index in [1.54, 1.807) is 0 Å². The topological polar surface area (TPSA) is 9.23 Å². The third-order valence-corrected chi connectivity index (χ3v) is 7.77. The Morgan fingerprint density at radius 3 is 1.74 bits per heavy atom. The zero-order valence-electron chi connectivity index (χ0n) is 24.5. The second kappa shape index (κ2) is 14.7. The molecule has 0 N–H and O–H groups in total. The fraction of sp³-hybridized carbons (Fsp3) is 0.368. The molecule has 0 aliphatic rings. The van der Waals surface area contributed by atoms with Crippen LogP contribution in [0.5, 0.6) is 5.75 Å². The molecule has 0 aliphatic heterocycles. The lowest BCUT2D eigenvalue weighted by Gasteiger charge is -2.15. The van der Waals surface area contributed by atoms with Gasteiger partial charge in [0.15, 0.2) is 0 Å². The summed E-state index contributed by atoms with van der Waals surface area (Å²) in [4.78, 5) is 0. The van der Waals surface area contributed by atoms with Crippen LogP contribution in [0.25, 0.3) is 33.4 Å². The maximum Gasteiger partial charge on any atom is 0.119 e. The summed E-state index contributed by atoms with van der Waals surface area (Å²) in [7, 11) is 0. The van der Waals surface area contributed by atoms with Crippen LogP contribution in [0.1, 0.15) is 83.3 Å². The van der Waals surface area contributed by atoms with Gasteiger partial charge >= 0.3 is 0 Å². The molecule has 1 heteroatoms. The Bertz CT molecular complexity index is 1270. The zero-order valence-corrected chi connectivity index (χ0v) is 24.5. The van der Waals surface area contributed by atoms with E-state index in [2.05, 4.69) is 119 Å². The molecule has 0 heterocycles. The van der Waals surface area contributed by atoms with Gasteiger partial charge < -0.3 is 4.74 Å². The molecule has 1 nitrogen and oxygen atoms in total. The van der Waals surface area contributed by atoms with Gasteiger partial charge in [-0.2, -0.15) is 0 Å². The first-order valence-electron chi connectivity index (χ1n) is 15.1. The molecule has 0 saturated heterocycles. The Labute approximate surface area is 237 Å². The number of hydrogen-bond donors (Lipinski definition) is 0. The highest BCUT2D eigenvalue weighted by atomic mass is 16.5. The first-order valence-corrected chi connectivity index (χ1v) is 15.1. The first-order chi connectivity index (χ1) is 19.1. The van der Waals surface area contributed by atoms with Crippen molar-refractivity contribution in [3.05, 3.63) is 102 Å². The number of aryl methyl sites for hydroxylation is 2. The van der Waals surface area contributed by atoms with E-state index in [-0.39, 0.29) is 6.10 Å². The van der Waals surface area contributed by atoms with Gasteiger partial charge in [0.25, 0.3) is 0 Å². The van der Waals surface area contributed by atoms with Crippen LogP contribution in [0, 0.1) is 6.92 Å². The highest BCUT2D eigenvalue weighted by Gasteiger charge is 2.08. The van der Waals surface area contributed by atoms with E-state index >= 15 is 0 Å². The minimum absolute atomic E-state index is 0.260. The molecule has 0 amide bonds. The average molecular weight is 519 g/mol. The molecular formula is C38H46O. The largest absolute Gasteiger partial charge is 0.491 e. The summed E-state index contributed by atoms with van der Waals surface area (Å²) in [5.41, 5.74) is 10.3. The summed E-state index contributed by atoms with van der Waals surface area (Å²) < 4.78 is 6.11. The summed E-state index contributed by atoms with van der Waals surface area (Å²) in [6.07, 6.45) is 11.6. The Kier molecular flexibility index (Phi) is 10.8. The van der Waals surface area contributed by atoms with Gasteiger partial charge in [-0.3, -0.25) is 0 Å². The molecule has 4 rings (SSSR count). The van der Waals surface area contributed by atoms with Crippen LogP contribution in [0.15, 0.2) is 91.0 Å². The van der Waals surface area contributed by atoms with Crippen LogP contribution in [-0.2, 0) is 6.42 Å². The van der Waals surface area contributed by atoms with Crippen LogP contribution in [0.4, 0.5) is 0 Å². The number of unbranched alkanes of at least 4 members (excludes halogenated alkanes) is 5. The van der Waals surface area contributed by atoms with E-state index in [0.717, 1.165) is 12.2 Å². The Hall–Kier alpha value is -3.32. The van der Waals surface area contributed by atoms with Crippen molar-refractivity contribution >= 4 is 0 Å². The lowest BCUT2D eigenvalue weighted by molar-refractivity contribution is 0.206. The van der Waals surface area contributed by atoms with Crippen molar-refractivity contribution in [2.75, 3.05) is 0 Å². The van der Waals surface area contributed by atoms with Gasteiger partial charge in [-0.15, -0.1) is 0 Å². The SMILES string of the molecule is CCCCCCc1ccc(-c2ccc(-c3ccc(-c4ccc(OC(C)CCCCC)cc4)cc3)c(C)c2)cc1. The molecule has 204 valence electrons. The summed E-state index contributed by atoms with van der Waals surface area (Å²) in [5.74, 6) is 0.955. The van der Waals surface area contributed by atoms with Gasteiger partial charge in [-0.05, 0) is 96.2 Å². The van der Waals surface area contributed by atoms with Gasteiger partial charge in [-0.25, -0.2) is 0 Å². The minimum atomic E-state index is 0.260. The van der Waals surface area contributed by atoms with Crippen molar-refractivity contribution in [3.8, 4) is 39.1 Å². The highest BCUT2D eigenvalue weighted by Crippen LogP contribution is 2.31. The summed E-state index contributed by atoms with van der Waals surface area (Å²) >= 11 is 0. The molecule has 0 saturated carbocycles. The van der Waals surface area contributed by atoms with Crippen LogP contribution >= 0.6 is 0 Å². The Balaban J connectivity index is 1.38. The lowest BCUT2D eigenvalue weighted by atomic mass is 9.94. The molecule has 0 radical (unpaired) electrons. The zero-order chi connectivity index (χ0) is 27.5. The van der Waals surface area contributed by atoms with Gasteiger partial charge in [-0.1, -0.05) is 125 Å².